The number of halogens is 1. The number of cyclic esters (lactones) is 1. The van der Waals surface area contributed by atoms with Crippen molar-refractivity contribution in [1.82, 2.24) is 4.98 Å². The zero-order valence-electron chi connectivity index (χ0n) is 12.6. The van der Waals surface area contributed by atoms with Gasteiger partial charge in [-0.2, -0.15) is 0 Å². The van der Waals surface area contributed by atoms with Crippen molar-refractivity contribution in [3.63, 3.8) is 0 Å². The fourth-order valence-corrected chi connectivity index (χ4v) is 2.34. The number of hydrogen-bond acceptors (Lipinski definition) is 5. The van der Waals surface area contributed by atoms with Gasteiger partial charge in [0.05, 0.1) is 17.8 Å². The van der Waals surface area contributed by atoms with Gasteiger partial charge in [-0.05, 0) is 30.3 Å². The van der Waals surface area contributed by atoms with Gasteiger partial charge in [0.1, 0.15) is 11.9 Å². The number of anilines is 2. The average molecular weight is 330 g/mol. The third kappa shape index (κ3) is 3.18. The lowest BCUT2D eigenvalue weighted by Gasteiger charge is -2.14. The van der Waals surface area contributed by atoms with E-state index in [1.165, 1.54) is 29.4 Å². The molecule has 0 spiro atoms. The van der Waals surface area contributed by atoms with E-state index in [0.717, 1.165) is 6.07 Å². The van der Waals surface area contributed by atoms with Crippen LogP contribution in [0.3, 0.4) is 0 Å². The summed E-state index contributed by atoms with van der Waals surface area (Å²) < 4.78 is 19.3. The van der Waals surface area contributed by atoms with Gasteiger partial charge >= 0.3 is 6.09 Å². The summed E-state index contributed by atoms with van der Waals surface area (Å²) in [5.74, 6) is -1.32. The van der Waals surface area contributed by atoms with E-state index < -0.39 is 23.9 Å². The fraction of sp³-hybridized carbons (Fsp3) is 0.188. The molecule has 1 fully saturated rings. The largest absolute Gasteiger partial charge is 0.443 e. The van der Waals surface area contributed by atoms with E-state index in [9.17, 15) is 14.0 Å². The molecule has 7 nitrogen and oxygen atoms in total. The number of amides is 2. The molecule has 1 aromatic carbocycles. The first-order chi connectivity index (χ1) is 11.6. The van der Waals surface area contributed by atoms with E-state index >= 15 is 0 Å². The van der Waals surface area contributed by atoms with Gasteiger partial charge in [0, 0.05) is 24.6 Å². The first kappa shape index (κ1) is 15.9. The lowest BCUT2D eigenvalue weighted by atomic mass is 10.1. The van der Waals surface area contributed by atoms with Crippen molar-refractivity contribution >= 4 is 23.4 Å². The second-order valence-electron chi connectivity index (χ2n) is 5.21. The first-order valence-corrected chi connectivity index (χ1v) is 7.27. The third-order valence-electron chi connectivity index (χ3n) is 3.58. The second-order valence-corrected chi connectivity index (χ2v) is 5.21. The molecule has 24 heavy (non-hydrogen) atoms. The number of aromatic nitrogens is 1. The highest BCUT2D eigenvalue weighted by molar-refractivity contribution is 6.04. The van der Waals surface area contributed by atoms with Crippen LogP contribution in [-0.4, -0.2) is 36.2 Å². The summed E-state index contributed by atoms with van der Waals surface area (Å²) in [6, 6.07) is 7.13. The zero-order valence-corrected chi connectivity index (χ0v) is 12.6. The van der Waals surface area contributed by atoms with Crippen molar-refractivity contribution in [2.75, 3.05) is 23.3 Å². The molecule has 1 atom stereocenters. The van der Waals surface area contributed by atoms with Crippen LogP contribution in [-0.2, 0) is 4.74 Å². The molecule has 3 N–H and O–H groups in total. The molecule has 1 aromatic heterocycles. The molecule has 124 valence electrons. The van der Waals surface area contributed by atoms with Gasteiger partial charge in [0.15, 0.2) is 0 Å². The number of carbonyl (C=O) groups is 2. The lowest BCUT2D eigenvalue weighted by Crippen LogP contribution is -2.27. The van der Waals surface area contributed by atoms with E-state index in [-0.39, 0.29) is 18.7 Å². The van der Waals surface area contributed by atoms with E-state index in [1.807, 2.05) is 0 Å². The third-order valence-corrected chi connectivity index (χ3v) is 3.58. The highest BCUT2D eigenvalue weighted by Crippen LogP contribution is 2.24. The predicted molar refractivity (Wildman–Crippen MR) is 85.3 cm³/mol. The number of carbonyl (C=O) groups excluding carboxylic acids is 2. The van der Waals surface area contributed by atoms with Crippen LogP contribution in [0, 0.1) is 5.82 Å². The van der Waals surface area contributed by atoms with Gasteiger partial charge in [0.2, 0.25) is 0 Å². The van der Waals surface area contributed by atoms with Crippen LogP contribution in [0.15, 0.2) is 42.7 Å². The smallest absolute Gasteiger partial charge is 0.414 e. The van der Waals surface area contributed by atoms with Crippen molar-refractivity contribution in [2.24, 2.45) is 5.73 Å². The molecular formula is C16H15FN4O3. The molecule has 2 aromatic rings. The SMILES string of the molecule is NC[C@H]1CN(c2ccc(C(=O)Nc3ccncc3)c(F)c2)C(=O)O1. The first-order valence-electron chi connectivity index (χ1n) is 7.27. The van der Waals surface area contributed by atoms with Gasteiger partial charge in [-0.1, -0.05) is 0 Å². The highest BCUT2D eigenvalue weighted by atomic mass is 19.1. The Hall–Kier alpha value is -3.00. The molecule has 1 aliphatic rings. The van der Waals surface area contributed by atoms with Gasteiger partial charge < -0.3 is 15.8 Å². The van der Waals surface area contributed by atoms with Crippen molar-refractivity contribution in [3.8, 4) is 0 Å². The van der Waals surface area contributed by atoms with E-state index in [0.29, 0.717) is 11.4 Å². The molecule has 1 saturated heterocycles. The van der Waals surface area contributed by atoms with Gasteiger partial charge in [0.25, 0.3) is 5.91 Å². The standard InChI is InChI=1S/C16H15FN4O3/c17-14-7-11(21-9-12(8-18)24-16(21)23)1-2-13(14)15(22)20-10-3-5-19-6-4-10/h1-7,12H,8-9,18H2,(H,19,20,22)/t12-/m0/s1. The Labute approximate surface area is 137 Å². The van der Waals surface area contributed by atoms with Crippen LogP contribution in [0.5, 0.6) is 0 Å². The van der Waals surface area contributed by atoms with E-state index in [4.69, 9.17) is 10.5 Å². The summed E-state index contributed by atoms with van der Waals surface area (Å²) in [6.45, 7) is 0.439. The Morgan fingerprint density at radius 3 is 2.75 bits per heavy atom. The van der Waals surface area contributed by atoms with Crippen LogP contribution < -0.4 is 16.0 Å². The van der Waals surface area contributed by atoms with Crippen molar-refractivity contribution in [1.29, 1.82) is 0 Å². The molecule has 8 heteroatoms. The molecule has 1 aliphatic heterocycles. The van der Waals surface area contributed by atoms with Crippen LogP contribution in [0.2, 0.25) is 0 Å². The number of nitrogens with two attached hydrogens (primary N) is 1. The molecule has 2 amide bonds. The minimum atomic E-state index is -0.733. The van der Waals surface area contributed by atoms with Gasteiger partial charge in [-0.15, -0.1) is 0 Å². The van der Waals surface area contributed by atoms with Crippen molar-refractivity contribution in [2.45, 2.75) is 6.10 Å². The Bertz CT molecular complexity index is 769. The van der Waals surface area contributed by atoms with Gasteiger partial charge in [-0.25, -0.2) is 9.18 Å². The van der Waals surface area contributed by atoms with E-state index in [1.54, 1.807) is 12.1 Å². The Morgan fingerprint density at radius 2 is 2.12 bits per heavy atom. The summed E-state index contributed by atoms with van der Waals surface area (Å²) in [4.78, 5) is 29.0. The Kier molecular flexibility index (Phi) is 4.39. The van der Waals surface area contributed by atoms with E-state index in [2.05, 4.69) is 10.3 Å². The van der Waals surface area contributed by atoms with Crippen molar-refractivity contribution < 1.29 is 18.7 Å². The summed E-state index contributed by atoms with van der Waals surface area (Å²) in [5, 5.41) is 2.57. The maximum absolute atomic E-state index is 14.3. The number of nitrogens with zero attached hydrogens (tertiary/aromatic N) is 2. The molecular weight excluding hydrogens is 315 g/mol. The Balaban J connectivity index is 1.78. The summed E-state index contributed by atoms with van der Waals surface area (Å²) in [5.41, 5.74) is 6.16. The minimum absolute atomic E-state index is 0.126. The molecule has 2 heterocycles. The van der Waals surface area contributed by atoms with Crippen LogP contribution in [0.25, 0.3) is 0 Å². The number of hydrogen-bond donors (Lipinski definition) is 2. The number of ether oxygens (including phenoxy) is 1. The van der Waals surface area contributed by atoms with Crippen LogP contribution in [0.1, 0.15) is 10.4 Å². The number of nitrogens with one attached hydrogen (secondary N) is 1. The zero-order chi connectivity index (χ0) is 17.1. The van der Waals surface area contributed by atoms with Gasteiger partial charge in [-0.3, -0.25) is 14.7 Å². The quantitative estimate of drug-likeness (QED) is 0.890. The topological polar surface area (TPSA) is 97.5 Å². The normalized spacial score (nSPS) is 16.8. The van der Waals surface area contributed by atoms with Crippen LogP contribution >= 0.6 is 0 Å². The lowest BCUT2D eigenvalue weighted by molar-refractivity contribution is 0.102. The molecule has 3 rings (SSSR count). The summed E-state index contributed by atoms with van der Waals surface area (Å²) in [7, 11) is 0. The molecule has 0 unspecified atom stereocenters. The minimum Gasteiger partial charge on any atom is -0.443 e. The molecule has 0 saturated carbocycles. The van der Waals surface area contributed by atoms with Crippen LogP contribution in [0.4, 0.5) is 20.6 Å². The molecule has 0 bridgehead atoms. The highest BCUT2D eigenvalue weighted by Gasteiger charge is 2.31. The number of pyridine rings is 1. The maximum Gasteiger partial charge on any atom is 0.414 e. The fourth-order valence-electron chi connectivity index (χ4n) is 2.34. The number of benzene rings is 1. The molecule has 0 aliphatic carbocycles. The maximum atomic E-state index is 14.3. The summed E-state index contributed by atoms with van der Waals surface area (Å²) >= 11 is 0. The summed E-state index contributed by atoms with van der Waals surface area (Å²) in [6.07, 6.45) is 2.03. The van der Waals surface area contributed by atoms with Crippen molar-refractivity contribution in [3.05, 3.63) is 54.1 Å². The monoisotopic (exact) mass is 330 g/mol. The Morgan fingerprint density at radius 1 is 1.38 bits per heavy atom. The predicted octanol–water partition coefficient (Wildman–Crippen LogP) is 1.76. The molecule has 0 radical (unpaired) electrons. The average Bonchev–Trinajstić information content (AvgIpc) is 2.96. The number of rotatable bonds is 4. The second kappa shape index (κ2) is 6.63.